The Bertz CT molecular complexity index is 1190. The van der Waals surface area contributed by atoms with Gasteiger partial charge in [-0.2, -0.15) is 0 Å². The third-order valence-electron chi connectivity index (χ3n) is 6.02. The van der Waals surface area contributed by atoms with Crippen molar-refractivity contribution in [1.29, 1.82) is 0 Å². The molecule has 3 heterocycles. The summed E-state index contributed by atoms with van der Waals surface area (Å²) in [6.45, 7) is 6.45. The predicted octanol–water partition coefficient (Wildman–Crippen LogP) is 4.04. The summed E-state index contributed by atoms with van der Waals surface area (Å²) in [5.41, 5.74) is 3.76. The molecule has 5 heteroatoms. The molecule has 1 saturated heterocycles. The van der Waals surface area contributed by atoms with E-state index < -0.39 is 0 Å². The molecule has 144 valence electrons. The van der Waals surface area contributed by atoms with Gasteiger partial charge in [0.15, 0.2) is 5.43 Å². The van der Waals surface area contributed by atoms with Crippen LogP contribution in [0.15, 0.2) is 41.2 Å². The topological polar surface area (TPSA) is 49.6 Å². The van der Waals surface area contributed by atoms with Crippen LogP contribution in [0.2, 0.25) is 0 Å². The van der Waals surface area contributed by atoms with Crippen LogP contribution in [0.1, 0.15) is 31.5 Å². The quantitative estimate of drug-likeness (QED) is 0.423. The Hall–Kier alpha value is -2.66. The number of benzene rings is 2. The number of pyridine rings is 1. The van der Waals surface area contributed by atoms with E-state index in [9.17, 15) is 4.79 Å². The molecule has 0 bridgehead atoms. The van der Waals surface area contributed by atoms with Crippen LogP contribution in [0.5, 0.6) is 0 Å². The van der Waals surface area contributed by atoms with E-state index in [0.29, 0.717) is 0 Å². The number of para-hydroxylation sites is 1. The molecule has 1 aliphatic heterocycles. The normalized spacial score (nSPS) is 15.8. The highest BCUT2D eigenvalue weighted by atomic mass is 16.1. The second-order valence-electron chi connectivity index (χ2n) is 7.88. The zero-order valence-corrected chi connectivity index (χ0v) is 16.4. The van der Waals surface area contributed by atoms with Crippen molar-refractivity contribution in [2.45, 2.75) is 32.6 Å². The minimum Gasteiger partial charge on any atom is -0.384 e. The lowest BCUT2D eigenvalue weighted by molar-refractivity contribution is 0.228. The number of imidazole rings is 1. The van der Waals surface area contributed by atoms with Crippen LogP contribution in [0.4, 0.5) is 5.69 Å². The molecule has 0 spiro atoms. The fourth-order valence-corrected chi connectivity index (χ4v) is 4.66. The van der Waals surface area contributed by atoms with E-state index in [1.807, 2.05) is 43.3 Å². The van der Waals surface area contributed by atoms with E-state index in [1.165, 1.54) is 32.4 Å². The lowest BCUT2D eigenvalue weighted by Crippen LogP contribution is -2.31. The SMILES string of the molecule is Cc1nc2ccc(NCCCN3CCCCC3)c3c(=O)c4ccccc4n1c23. The van der Waals surface area contributed by atoms with E-state index in [-0.39, 0.29) is 5.43 Å². The Morgan fingerprint density at radius 2 is 1.89 bits per heavy atom. The highest BCUT2D eigenvalue weighted by Crippen LogP contribution is 2.29. The molecule has 5 nitrogen and oxygen atoms in total. The van der Waals surface area contributed by atoms with Crippen LogP contribution in [0.25, 0.3) is 27.3 Å². The van der Waals surface area contributed by atoms with Crippen molar-refractivity contribution in [3.05, 3.63) is 52.4 Å². The van der Waals surface area contributed by atoms with Crippen molar-refractivity contribution in [3.63, 3.8) is 0 Å². The zero-order valence-electron chi connectivity index (χ0n) is 16.4. The molecule has 0 radical (unpaired) electrons. The highest BCUT2D eigenvalue weighted by Gasteiger charge is 2.18. The van der Waals surface area contributed by atoms with E-state index in [1.54, 1.807) is 0 Å². The van der Waals surface area contributed by atoms with Gasteiger partial charge in [-0.15, -0.1) is 0 Å². The first-order chi connectivity index (χ1) is 13.7. The van der Waals surface area contributed by atoms with Gasteiger partial charge in [-0.05, 0) is 70.1 Å². The number of hydrogen-bond donors (Lipinski definition) is 1. The van der Waals surface area contributed by atoms with Gasteiger partial charge in [0.1, 0.15) is 5.82 Å². The number of fused-ring (bicyclic) bond motifs is 2. The fourth-order valence-electron chi connectivity index (χ4n) is 4.66. The first-order valence-electron chi connectivity index (χ1n) is 10.4. The molecule has 0 amide bonds. The number of hydrogen-bond acceptors (Lipinski definition) is 4. The lowest BCUT2D eigenvalue weighted by atomic mass is 10.1. The fraction of sp³-hybridized carbons (Fsp3) is 0.391. The summed E-state index contributed by atoms with van der Waals surface area (Å²) in [4.78, 5) is 20.6. The summed E-state index contributed by atoms with van der Waals surface area (Å²) >= 11 is 0. The molecule has 0 aliphatic carbocycles. The zero-order chi connectivity index (χ0) is 19.1. The number of nitrogens with zero attached hydrogens (tertiary/aromatic N) is 3. The number of aromatic nitrogens is 2. The molecule has 1 fully saturated rings. The smallest absolute Gasteiger partial charge is 0.199 e. The summed E-state index contributed by atoms with van der Waals surface area (Å²) in [5, 5.41) is 5.05. The Morgan fingerprint density at radius 3 is 2.75 bits per heavy atom. The van der Waals surface area contributed by atoms with E-state index in [4.69, 9.17) is 4.98 Å². The van der Waals surface area contributed by atoms with Crippen molar-refractivity contribution in [1.82, 2.24) is 14.3 Å². The second-order valence-corrected chi connectivity index (χ2v) is 7.88. The van der Waals surface area contributed by atoms with Crippen LogP contribution in [-0.2, 0) is 0 Å². The van der Waals surface area contributed by atoms with E-state index in [2.05, 4.69) is 14.6 Å². The Labute approximate surface area is 164 Å². The maximum absolute atomic E-state index is 13.3. The molecule has 2 aromatic carbocycles. The summed E-state index contributed by atoms with van der Waals surface area (Å²) in [7, 11) is 0. The summed E-state index contributed by atoms with van der Waals surface area (Å²) in [5.74, 6) is 0.915. The van der Waals surface area contributed by atoms with Crippen LogP contribution in [0.3, 0.4) is 0 Å². The monoisotopic (exact) mass is 374 g/mol. The molecule has 4 aromatic rings. The molecular weight excluding hydrogens is 348 g/mol. The van der Waals surface area contributed by atoms with Gasteiger partial charge in [0.05, 0.1) is 21.9 Å². The van der Waals surface area contributed by atoms with Crippen molar-refractivity contribution >= 4 is 33.0 Å². The van der Waals surface area contributed by atoms with Gasteiger partial charge < -0.3 is 10.2 Å². The van der Waals surface area contributed by atoms with Crippen molar-refractivity contribution < 1.29 is 0 Å². The number of anilines is 1. The number of nitrogens with one attached hydrogen (secondary N) is 1. The molecule has 0 unspecified atom stereocenters. The molecule has 1 aliphatic rings. The first-order valence-corrected chi connectivity index (χ1v) is 10.4. The molecule has 1 N–H and O–H groups in total. The van der Waals surface area contributed by atoms with Gasteiger partial charge in [-0.25, -0.2) is 4.98 Å². The lowest BCUT2D eigenvalue weighted by Gasteiger charge is -2.26. The average Bonchev–Trinajstić information content (AvgIpc) is 3.07. The third kappa shape index (κ3) is 2.81. The molecule has 2 aromatic heterocycles. The van der Waals surface area contributed by atoms with Gasteiger partial charge in [0.2, 0.25) is 0 Å². The van der Waals surface area contributed by atoms with Crippen LogP contribution in [0, 0.1) is 6.92 Å². The summed E-state index contributed by atoms with van der Waals surface area (Å²) in [6.07, 6.45) is 5.10. The largest absolute Gasteiger partial charge is 0.384 e. The molecule has 0 atom stereocenters. The Kier molecular flexibility index (Phi) is 4.40. The number of piperidine rings is 1. The number of likely N-dealkylation sites (tertiary alicyclic amines) is 1. The number of aryl methyl sites for hydroxylation is 1. The van der Waals surface area contributed by atoms with Gasteiger partial charge in [0.25, 0.3) is 0 Å². The minimum atomic E-state index is 0.0899. The van der Waals surface area contributed by atoms with Crippen molar-refractivity contribution in [2.75, 3.05) is 31.5 Å². The van der Waals surface area contributed by atoms with Crippen LogP contribution < -0.4 is 10.7 Å². The van der Waals surface area contributed by atoms with E-state index in [0.717, 1.165) is 58.3 Å². The van der Waals surface area contributed by atoms with Crippen LogP contribution in [-0.4, -0.2) is 40.5 Å². The average molecular weight is 374 g/mol. The number of rotatable bonds is 5. The second kappa shape index (κ2) is 7.06. The van der Waals surface area contributed by atoms with Crippen molar-refractivity contribution in [3.8, 4) is 0 Å². The summed E-state index contributed by atoms with van der Waals surface area (Å²) in [6, 6.07) is 11.9. The highest BCUT2D eigenvalue weighted by molar-refractivity contribution is 6.07. The van der Waals surface area contributed by atoms with Gasteiger partial charge >= 0.3 is 0 Å². The Morgan fingerprint density at radius 1 is 1.07 bits per heavy atom. The third-order valence-corrected chi connectivity index (χ3v) is 6.02. The Balaban J connectivity index is 1.50. The van der Waals surface area contributed by atoms with Crippen molar-refractivity contribution in [2.24, 2.45) is 0 Å². The van der Waals surface area contributed by atoms with Gasteiger partial charge in [-0.1, -0.05) is 18.6 Å². The minimum absolute atomic E-state index is 0.0899. The van der Waals surface area contributed by atoms with E-state index >= 15 is 0 Å². The molecule has 28 heavy (non-hydrogen) atoms. The maximum Gasteiger partial charge on any atom is 0.199 e. The van der Waals surface area contributed by atoms with Gasteiger partial charge in [0, 0.05) is 17.6 Å². The van der Waals surface area contributed by atoms with Crippen LogP contribution >= 0.6 is 0 Å². The maximum atomic E-state index is 13.3. The summed E-state index contributed by atoms with van der Waals surface area (Å²) < 4.78 is 2.13. The molecule has 0 saturated carbocycles. The molecular formula is C23H26N4O. The predicted molar refractivity (Wildman–Crippen MR) is 116 cm³/mol. The van der Waals surface area contributed by atoms with Gasteiger partial charge in [-0.3, -0.25) is 9.20 Å². The standard InChI is InChI=1S/C23H26N4O/c1-16-25-19-11-10-18(24-12-7-15-26-13-5-2-6-14-26)21-22(19)27(16)20-9-4-3-8-17(20)23(21)28/h3-4,8-11,24H,2,5-7,12-15H2,1H3. The first kappa shape index (κ1) is 17.4. The molecule has 5 rings (SSSR count).